The van der Waals surface area contributed by atoms with Gasteiger partial charge in [-0.1, -0.05) is 30.1 Å². The summed E-state index contributed by atoms with van der Waals surface area (Å²) >= 11 is 2.10. The first kappa shape index (κ1) is 27.0. The minimum Gasteiger partial charge on any atom is -0.503 e. The molecule has 0 spiro atoms. The van der Waals surface area contributed by atoms with Crippen LogP contribution in [0.1, 0.15) is 47.3 Å². The van der Waals surface area contributed by atoms with Crippen LogP contribution in [0.5, 0.6) is 11.5 Å². The molecule has 1 N–H and O–H groups in total. The minimum absolute atomic E-state index is 0.0109. The number of hydrogen-bond donors (Lipinski definition) is 1. The number of amides is 1. The van der Waals surface area contributed by atoms with E-state index in [-0.39, 0.29) is 22.2 Å². The van der Waals surface area contributed by atoms with Gasteiger partial charge in [0, 0.05) is 0 Å². The smallest absolute Gasteiger partial charge is 0.350 e. The Kier molecular flexibility index (Phi) is 7.65. The van der Waals surface area contributed by atoms with E-state index in [4.69, 9.17) is 14.2 Å². The van der Waals surface area contributed by atoms with Crippen LogP contribution < -0.4 is 14.4 Å². The lowest BCUT2D eigenvalue weighted by atomic mass is 9.95. The maximum absolute atomic E-state index is 13.8. The summed E-state index contributed by atoms with van der Waals surface area (Å²) in [5.74, 6) is -1.87. The van der Waals surface area contributed by atoms with Crippen molar-refractivity contribution in [3.8, 4) is 11.5 Å². The average Bonchev–Trinajstić information content (AvgIpc) is 3.53. The molecule has 198 valence electrons. The predicted octanol–water partition coefficient (Wildman–Crippen LogP) is 4.67. The number of rotatable bonds is 9. The van der Waals surface area contributed by atoms with Crippen molar-refractivity contribution in [2.45, 2.75) is 26.8 Å². The van der Waals surface area contributed by atoms with Crippen molar-refractivity contribution in [3.63, 3.8) is 0 Å². The SMILES string of the molecule is C=CCOC(=O)c1sc(N2C(=O)C(O)=C(C(=O)c3sc(C)nc3C)C2c2ccc(OC)c(OC)c2)nc1C. The Labute approximate surface area is 226 Å². The lowest BCUT2D eigenvalue weighted by molar-refractivity contribution is -0.117. The highest BCUT2D eigenvalue weighted by atomic mass is 32.1. The summed E-state index contributed by atoms with van der Waals surface area (Å²) in [6, 6.07) is 3.86. The number of thiazole rings is 2. The maximum atomic E-state index is 13.8. The van der Waals surface area contributed by atoms with Crippen LogP contribution in [-0.2, 0) is 9.53 Å². The Morgan fingerprint density at radius 3 is 2.37 bits per heavy atom. The number of Topliss-reactive ketones (excluding diaryl/α,β-unsaturated/α-hetero) is 1. The quantitative estimate of drug-likeness (QED) is 0.228. The number of benzene rings is 1. The van der Waals surface area contributed by atoms with Crippen molar-refractivity contribution < 1.29 is 33.7 Å². The van der Waals surface area contributed by atoms with E-state index in [0.717, 1.165) is 11.3 Å². The molecule has 0 saturated carbocycles. The molecule has 0 saturated heterocycles. The zero-order chi connectivity index (χ0) is 27.7. The molecule has 38 heavy (non-hydrogen) atoms. The lowest BCUT2D eigenvalue weighted by Crippen LogP contribution is -2.31. The summed E-state index contributed by atoms with van der Waals surface area (Å²) < 4.78 is 15.9. The fourth-order valence-electron chi connectivity index (χ4n) is 4.11. The number of ether oxygens (including phenoxy) is 3. The number of carbonyl (C=O) groups excluding carboxylic acids is 3. The van der Waals surface area contributed by atoms with Crippen LogP contribution in [0.2, 0.25) is 0 Å². The third-order valence-electron chi connectivity index (χ3n) is 5.79. The maximum Gasteiger partial charge on any atom is 0.350 e. The lowest BCUT2D eigenvalue weighted by Gasteiger charge is -2.25. The fraction of sp³-hybridized carbons (Fsp3) is 0.269. The molecule has 0 fully saturated rings. The number of ketones is 1. The molecule has 12 heteroatoms. The predicted molar refractivity (Wildman–Crippen MR) is 143 cm³/mol. The molecule has 1 aromatic carbocycles. The number of aliphatic hydroxyl groups is 1. The third kappa shape index (κ3) is 4.68. The van der Waals surface area contributed by atoms with E-state index in [1.807, 2.05) is 0 Å². The molecule has 1 aliphatic rings. The van der Waals surface area contributed by atoms with Gasteiger partial charge in [-0.2, -0.15) is 0 Å². The van der Waals surface area contributed by atoms with Crippen molar-refractivity contribution in [1.29, 1.82) is 0 Å². The molecule has 0 bridgehead atoms. The second kappa shape index (κ2) is 10.8. The van der Waals surface area contributed by atoms with Crippen LogP contribution in [-0.4, -0.2) is 53.6 Å². The molecular formula is C26H25N3O7S2. The van der Waals surface area contributed by atoms with Gasteiger partial charge in [0.15, 0.2) is 22.4 Å². The van der Waals surface area contributed by atoms with E-state index in [0.29, 0.717) is 38.3 Å². The number of anilines is 1. The number of methoxy groups -OCH3 is 2. The molecule has 1 aliphatic heterocycles. The van der Waals surface area contributed by atoms with E-state index in [1.165, 1.54) is 36.5 Å². The molecule has 1 amide bonds. The van der Waals surface area contributed by atoms with Crippen molar-refractivity contribution in [1.82, 2.24) is 9.97 Å². The molecule has 10 nitrogen and oxygen atoms in total. The van der Waals surface area contributed by atoms with Gasteiger partial charge in [0.1, 0.15) is 11.5 Å². The standard InChI is InChI=1S/C26H25N3O7S2/c1-7-10-36-25(33)23-13(3)28-26(38-23)29-19(15-8-9-16(34-5)17(11-15)35-6)18(21(31)24(29)32)20(30)22-12(2)27-14(4)37-22/h7-9,11,19,31H,1,10H2,2-6H3. The van der Waals surface area contributed by atoms with Crippen LogP contribution in [0, 0.1) is 20.8 Å². The zero-order valence-corrected chi connectivity index (χ0v) is 23.0. The Hall–Kier alpha value is -4.03. The van der Waals surface area contributed by atoms with Gasteiger partial charge in [-0.25, -0.2) is 14.8 Å². The first-order chi connectivity index (χ1) is 18.1. The van der Waals surface area contributed by atoms with Gasteiger partial charge in [-0.3, -0.25) is 14.5 Å². The fourth-order valence-corrected chi connectivity index (χ4v) is 5.97. The Bertz CT molecular complexity index is 1490. The molecule has 0 aliphatic carbocycles. The Morgan fingerprint density at radius 2 is 1.76 bits per heavy atom. The van der Waals surface area contributed by atoms with E-state index in [1.54, 1.807) is 39.0 Å². The number of nitrogens with zero attached hydrogens (tertiary/aromatic N) is 3. The summed E-state index contributed by atoms with van der Waals surface area (Å²) in [5.41, 5.74) is 1.17. The highest BCUT2D eigenvalue weighted by molar-refractivity contribution is 7.17. The van der Waals surface area contributed by atoms with Crippen molar-refractivity contribution in [2.75, 3.05) is 25.7 Å². The van der Waals surface area contributed by atoms with Gasteiger partial charge in [-0.15, -0.1) is 11.3 Å². The number of esters is 1. The number of carbonyl (C=O) groups is 3. The monoisotopic (exact) mass is 555 g/mol. The summed E-state index contributed by atoms with van der Waals surface area (Å²) in [6.45, 7) is 8.62. The van der Waals surface area contributed by atoms with Crippen molar-refractivity contribution >= 4 is 45.5 Å². The molecule has 1 atom stereocenters. The number of aliphatic hydroxyl groups excluding tert-OH is 1. The van der Waals surface area contributed by atoms with Gasteiger partial charge < -0.3 is 19.3 Å². The molecule has 0 radical (unpaired) electrons. The van der Waals surface area contributed by atoms with E-state index < -0.39 is 29.5 Å². The van der Waals surface area contributed by atoms with Gasteiger partial charge in [0.05, 0.1) is 47.1 Å². The molecular weight excluding hydrogens is 530 g/mol. The topological polar surface area (TPSA) is 128 Å². The summed E-state index contributed by atoms with van der Waals surface area (Å²) in [4.78, 5) is 50.3. The highest BCUT2D eigenvalue weighted by Crippen LogP contribution is 2.46. The van der Waals surface area contributed by atoms with E-state index in [2.05, 4.69) is 16.5 Å². The van der Waals surface area contributed by atoms with Crippen molar-refractivity contribution in [2.24, 2.45) is 0 Å². The highest BCUT2D eigenvalue weighted by Gasteiger charge is 2.47. The Morgan fingerprint density at radius 1 is 1.08 bits per heavy atom. The number of hydrogen-bond acceptors (Lipinski definition) is 11. The van der Waals surface area contributed by atoms with Gasteiger partial charge in [0.25, 0.3) is 5.91 Å². The van der Waals surface area contributed by atoms with Crippen LogP contribution in [0.25, 0.3) is 0 Å². The summed E-state index contributed by atoms with van der Waals surface area (Å²) in [5, 5.41) is 11.8. The molecule has 3 aromatic rings. The van der Waals surface area contributed by atoms with Gasteiger partial charge in [-0.05, 0) is 38.5 Å². The van der Waals surface area contributed by atoms with Crippen LogP contribution in [0.4, 0.5) is 5.13 Å². The molecule has 2 aromatic heterocycles. The Balaban J connectivity index is 1.88. The molecule has 1 unspecified atom stereocenters. The zero-order valence-electron chi connectivity index (χ0n) is 21.4. The van der Waals surface area contributed by atoms with E-state index >= 15 is 0 Å². The number of aromatic nitrogens is 2. The van der Waals surface area contributed by atoms with Gasteiger partial charge >= 0.3 is 5.97 Å². The second-order valence-electron chi connectivity index (χ2n) is 8.23. The minimum atomic E-state index is -1.07. The normalized spacial score (nSPS) is 15.1. The largest absolute Gasteiger partial charge is 0.503 e. The first-order valence-electron chi connectivity index (χ1n) is 11.4. The molecule has 4 rings (SSSR count). The second-order valence-corrected chi connectivity index (χ2v) is 10.4. The van der Waals surface area contributed by atoms with Gasteiger partial charge in [0.2, 0.25) is 5.78 Å². The van der Waals surface area contributed by atoms with Crippen LogP contribution in [0.15, 0.2) is 42.2 Å². The molecule has 3 heterocycles. The summed E-state index contributed by atoms with van der Waals surface area (Å²) in [7, 11) is 2.96. The third-order valence-corrected chi connectivity index (χ3v) is 8.00. The van der Waals surface area contributed by atoms with Crippen molar-refractivity contribution in [3.05, 3.63) is 73.9 Å². The van der Waals surface area contributed by atoms with Crippen LogP contribution >= 0.6 is 22.7 Å². The van der Waals surface area contributed by atoms with E-state index in [9.17, 15) is 19.5 Å². The number of aryl methyl sites for hydroxylation is 3. The van der Waals surface area contributed by atoms with Crippen LogP contribution in [0.3, 0.4) is 0 Å². The average molecular weight is 556 g/mol. The summed E-state index contributed by atoms with van der Waals surface area (Å²) in [6.07, 6.45) is 1.44. The first-order valence-corrected chi connectivity index (χ1v) is 13.0.